The Kier molecular flexibility index (Phi) is 4.32. The summed E-state index contributed by atoms with van der Waals surface area (Å²) in [5.74, 6) is 3.33. The minimum Gasteiger partial charge on any atom is -0.316 e. The van der Waals surface area contributed by atoms with Crippen molar-refractivity contribution in [3.63, 3.8) is 0 Å². The molecule has 96 valence electrons. The normalized spacial score (nSPS) is 37.9. The van der Waals surface area contributed by atoms with Gasteiger partial charge in [-0.3, -0.25) is 0 Å². The summed E-state index contributed by atoms with van der Waals surface area (Å²) in [6.07, 6.45) is 5.81. The lowest BCUT2D eigenvalue weighted by molar-refractivity contribution is 0.0869. The van der Waals surface area contributed by atoms with Gasteiger partial charge in [0, 0.05) is 5.03 Å². The maximum Gasteiger partial charge on any atom is 0.0389 e. The van der Waals surface area contributed by atoms with Gasteiger partial charge in [-0.05, 0) is 68.5 Å². The topological polar surface area (TPSA) is 12.0 Å². The number of fused-ring (bicyclic) bond motifs is 2. The molecule has 2 fully saturated rings. The molecule has 2 heteroatoms. The number of allylic oxidation sites excluding steroid dienone is 3. The van der Waals surface area contributed by atoms with E-state index in [9.17, 15) is 0 Å². The van der Waals surface area contributed by atoms with E-state index in [0.29, 0.717) is 0 Å². The fourth-order valence-electron chi connectivity index (χ4n) is 3.56. The highest BCUT2D eigenvalue weighted by Gasteiger charge is 2.37. The molecule has 0 radical (unpaired) electrons. The minimum atomic E-state index is 0.780. The maximum absolute atomic E-state index is 6.15. The fourth-order valence-corrected chi connectivity index (χ4v) is 3.64. The summed E-state index contributed by atoms with van der Waals surface area (Å²) in [6.45, 7) is 10.9. The van der Waals surface area contributed by atoms with E-state index in [1.165, 1.54) is 25.9 Å². The molecule has 1 aliphatic heterocycles. The third-order valence-electron chi connectivity index (χ3n) is 4.70. The molecule has 0 aromatic carbocycles. The van der Waals surface area contributed by atoms with Crippen LogP contribution in [-0.2, 0) is 0 Å². The molecule has 0 amide bonds. The van der Waals surface area contributed by atoms with Crippen LogP contribution < -0.4 is 5.32 Å². The summed E-state index contributed by atoms with van der Waals surface area (Å²) in [4.78, 5) is 0. The third-order valence-corrected chi connectivity index (χ3v) is 5.18. The lowest BCUT2D eigenvalue weighted by Crippen LogP contribution is -2.45. The quantitative estimate of drug-likeness (QED) is 0.751. The summed E-state index contributed by atoms with van der Waals surface area (Å²) < 4.78 is 0. The lowest BCUT2D eigenvalue weighted by atomic mass is 9.65. The summed E-state index contributed by atoms with van der Waals surface area (Å²) in [6, 6.07) is 0. The molecule has 17 heavy (non-hydrogen) atoms. The second-order valence-corrected chi connectivity index (χ2v) is 6.23. The average molecular weight is 254 g/mol. The van der Waals surface area contributed by atoms with Crippen molar-refractivity contribution >= 4 is 11.6 Å². The van der Waals surface area contributed by atoms with Gasteiger partial charge in [0.25, 0.3) is 0 Å². The summed E-state index contributed by atoms with van der Waals surface area (Å²) in [5, 5.41) is 4.42. The van der Waals surface area contributed by atoms with E-state index in [1.807, 2.05) is 13.0 Å². The van der Waals surface area contributed by atoms with Crippen LogP contribution in [0.2, 0.25) is 0 Å². The first kappa shape index (κ1) is 13.2. The van der Waals surface area contributed by atoms with Gasteiger partial charge in [-0.2, -0.15) is 0 Å². The number of halogens is 1. The van der Waals surface area contributed by atoms with E-state index < -0.39 is 0 Å². The zero-order chi connectivity index (χ0) is 12.4. The Bertz CT molecular complexity index is 321. The largest absolute Gasteiger partial charge is 0.316 e. The van der Waals surface area contributed by atoms with Crippen LogP contribution >= 0.6 is 11.6 Å². The predicted octanol–water partition coefficient (Wildman–Crippen LogP) is 3.96. The van der Waals surface area contributed by atoms with Crippen molar-refractivity contribution < 1.29 is 0 Å². The van der Waals surface area contributed by atoms with E-state index in [4.69, 9.17) is 11.6 Å². The van der Waals surface area contributed by atoms with Crippen molar-refractivity contribution in [3.8, 4) is 0 Å². The van der Waals surface area contributed by atoms with E-state index in [2.05, 4.69) is 18.8 Å². The molecular formula is C15H24ClN. The van der Waals surface area contributed by atoms with Crippen molar-refractivity contribution in [3.05, 3.63) is 23.3 Å². The second kappa shape index (κ2) is 5.58. The van der Waals surface area contributed by atoms with Gasteiger partial charge < -0.3 is 5.32 Å². The van der Waals surface area contributed by atoms with Crippen LogP contribution in [0.15, 0.2) is 23.3 Å². The molecule has 2 bridgehead atoms. The molecule has 4 atom stereocenters. The van der Waals surface area contributed by atoms with Crippen molar-refractivity contribution in [1.29, 1.82) is 0 Å². The maximum atomic E-state index is 6.15. The van der Waals surface area contributed by atoms with E-state index in [0.717, 1.165) is 40.7 Å². The highest BCUT2D eigenvalue weighted by atomic mass is 35.5. The predicted molar refractivity (Wildman–Crippen MR) is 75.1 cm³/mol. The van der Waals surface area contributed by atoms with E-state index in [1.54, 1.807) is 0 Å². The van der Waals surface area contributed by atoms with E-state index >= 15 is 0 Å². The molecule has 0 aromatic heterocycles. The summed E-state index contributed by atoms with van der Waals surface area (Å²) in [7, 11) is 0. The van der Waals surface area contributed by atoms with Gasteiger partial charge in [0.1, 0.15) is 0 Å². The Morgan fingerprint density at radius 3 is 2.88 bits per heavy atom. The monoisotopic (exact) mass is 253 g/mol. The van der Waals surface area contributed by atoms with Crippen molar-refractivity contribution in [2.45, 2.75) is 33.1 Å². The van der Waals surface area contributed by atoms with Crippen LogP contribution in [0.1, 0.15) is 33.1 Å². The molecule has 1 nitrogen and oxygen atoms in total. The first-order valence-electron chi connectivity index (χ1n) is 6.82. The van der Waals surface area contributed by atoms with Gasteiger partial charge in [0.2, 0.25) is 0 Å². The molecule has 1 saturated carbocycles. The summed E-state index contributed by atoms with van der Waals surface area (Å²) >= 11 is 6.15. The third kappa shape index (κ3) is 2.95. The average Bonchev–Trinajstić information content (AvgIpc) is 2.35. The minimum absolute atomic E-state index is 0.780. The molecule has 2 aliphatic rings. The Morgan fingerprint density at radius 1 is 1.41 bits per heavy atom. The molecule has 0 spiro atoms. The smallest absolute Gasteiger partial charge is 0.0389 e. The molecule has 2 rings (SSSR count). The highest BCUT2D eigenvalue weighted by Crippen LogP contribution is 2.42. The fraction of sp³-hybridized carbons (Fsp3) is 0.733. The van der Waals surface area contributed by atoms with Crippen LogP contribution in [0.3, 0.4) is 0 Å². The van der Waals surface area contributed by atoms with Crippen molar-refractivity contribution in [2.75, 3.05) is 13.1 Å². The Labute approximate surface area is 110 Å². The molecule has 1 saturated heterocycles. The van der Waals surface area contributed by atoms with Crippen LogP contribution in [0.4, 0.5) is 0 Å². The molecular weight excluding hydrogens is 230 g/mol. The van der Waals surface area contributed by atoms with Gasteiger partial charge in [0.15, 0.2) is 0 Å². The van der Waals surface area contributed by atoms with Crippen LogP contribution in [0.5, 0.6) is 0 Å². The van der Waals surface area contributed by atoms with Gasteiger partial charge >= 0.3 is 0 Å². The van der Waals surface area contributed by atoms with Gasteiger partial charge in [-0.15, -0.1) is 0 Å². The lowest BCUT2D eigenvalue weighted by Gasteiger charge is -2.44. The second-order valence-electron chi connectivity index (χ2n) is 5.82. The van der Waals surface area contributed by atoms with Gasteiger partial charge in [-0.1, -0.05) is 31.2 Å². The zero-order valence-corrected chi connectivity index (χ0v) is 11.8. The Hall–Kier alpha value is -0.270. The van der Waals surface area contributed by atoms with E-state index in [-0.39, 0.29) is 0 Å². The Morgan fingerprint density at radius 2 is 2.18 bits per heavy atom. The molecule has 1 aliphatic carbocycles. The first-order valence-corrected chi connectivity index (χ1v) is 7.20. The summed E-state index contributed by atoms with van der Waals surface area (Å²) in [5.41, 5.74) is 1.12. The van der Waals surface area contributed by atoms with Gasteiger partial charge in [0.05, 0.1) is 0 Å². The van der Waals surface area contributed by atoms with Crippen molar-refractivity contribution in [2.24, 2.45) is 23.7 Å². The molecule has 1 heterocycles. The number of piperidine rings is 1. The highest BCUT2D eigenvalue weighted by molar-refractivity contribution is 6.31. The molecule has 0 aromatic rings. The molecule has 4 unspecified atom stereocenters. The van der Waals surface area contributed by atoms with Crippen LogP contribution in [0.25, 0.3) is 0 Å². The molecule has 1 N–H and O–H groups in total. The number of nitrogens with one attached hydrogen (secondary N) is 1. The number of rotatable bonds is 3. The van der Waals surface area contributed by atoms with Crippen LogP contribution in [-0.4, -0.2) is 13.1 Å². The van der Waals surface area contributed by atoms with Gasteiger partial charge in [-0.25, -0.2) is 0 Å². The van der Waals surface area contributed by atoms with Crippen LogP contribution in [0, 0.1) is 23.7 Å². The Balaban J connectivity index is 1.99. The first-order chi connectivity index (χ1) is 8.11. The SMILES string of the molecule is C=C(CC1CC2CNCC(C2)C1C)C(Cl)=CC. The zero-order valence-electron chi connectivity index (χ0n) is 11.0. The standard InChI is InChI=1S/C15H24ClN/c1-4-15(16)10(2)5-13-6-12-7-14(11(13)3)9-17-8-12/h4,11-14,17H,2,5-9H2,1,3H3. The number of hydrogen-bond donors (Lipinski definition) is 1. The van der Waals surface area contributed by atoms with Crippen molar-refractivity contribution in [1.82, 2.24) is 5.32 Å². The number of hydrogen-bond acceptors (Lipinski definition) is 1.